The van der Waals surface area contributed by atoms with Crippen LogP contribution < -0.4 is 4.74 Å². The van der Waals surface area contributed by atoms with E-state index in [2.05, 4.69) is 0 Å². The van der Waals surface area contributed by atoms with Crippen molar-refractivity contribution >= 4 is 0 Å². The molecule has 0 saturated carbocycles. The van der Waals surface area contributed by atoms with Gasteiger partial charge < -0.3 is 4.74 Å². The fourth-order valence-corrected chi connectivity index (χ4v) is 1.49. The molecule has 2 aromatic rings. The molecule has 2 aromatic carbocycles. The van der Waals surface area contributed by atoms with Crippen molar-refractivity contribution < 1.29 is 13.5 Å². The summed E-state index contributed by atoms with van der Waals surface area (Å²) in [6.45, 7) is 0. The fourth-order valence-electron chi connectivity index (χ4n) is 1.49. The van der Waals surface area contributed by atoms with Crippen molar-refractivity contribution in [3.05, 3.63) is 59.7 Å². The van der Waals surface area contributed by atoms with Crippen LogP contribution in [0.2, 0.25) is 0 Å². The molecule has 0 radical (unpaired) electrons. The molecule has 18 heavy (non-hydrogen) atoms. The van der Waals surface area contributed by atoms with E-state index in [0.717, 1.165) is 6.07 Å². The molecule has 0 bridgehead atoms. The Hall–Kier alpha value is -2.41. The molecule has 0 atom stereocenters. The molecule has 0 fully saturated rings. The molecule has 0 aromatic heterocycles. The smallest absolute Gasteiger partial charge is 0.198 e. The molecule has 0 aliphatic heterocycles. The highest BCUT2D eigenvalue weighted by atomic mass is 19.1. The number of para-hydroxylation sites is 1. The largest absolute Gasteiger partial charge is 0.451 e. The molecular formula is C14H9F2NO. The lowest BCUT2D eigenvalue weighted by atomic mass is 10.1. The maximum atomic E-state index is 13.9. The van der Waals surface area contributed by atoms with Crippen molar-refractivity contribution in [2.24, 2.45) is 0 Å². The van der Waals surface area contributed by atoms with E-state index < -0.39 is 17.4 Å². The van der Waals surface area contributed by atoms with Crippen molar-refractivity contribution in [2.75, 3.05) is 0 Å². The van der Waals surface area contributed by atoms with Crippen LogP contribution in [0.25, 0.3) is 0 Å². The quantitative estimate of drug-likeness (QED) is 0.823. The molecule has 2 rings (SSSR count). The molecule has 0 amide bonds. The number of nitrogens with zero attached hydrogens (tertiary/aromatic N) is 1. The molecule has 0 spiro atoms. The van der Waals surface area contributed by atoms with E-state index in [1.165, 1.54) is 6.07 Å². The van der Waals surface area contributed by atoms with E-state index in [1.54, 1.807) is 30.3 Å². The van der Waals surface area contributed by atoms with Crippen molar-refractivity contribution in [3.63, 3.8) is 0 Å². The van der Waals surface area contributed by atoms with E-state index in [4.69, 9.17) is 10.00 Å². The minimum atomic E-state index is -0.833. The Kier molecular flexibility index (Phi) is 3.54. The SMILES string of the molecule is N#CCc1ccc(F)c(Oc2ccccc2)c1F. The van der Waals surface area contributed by atoms with E-state index in [1.807, 2.05) is 6.07 Å². The number of hydrogen-bond donors (Lipinski definition) is 0. The van der Waals surface area contributed by atoms with Gasteiger partial charge in [-0.2, -0.15) is 5.26 Å². The summed E-state index contributed by atoms with van der Waals surface area (Å²) in [5.74, 6) is -1.77. The standard InChI is InChI=1S/C14H9F2NO/c15-12-7-6-10(8-9-17)13(16)14(12)18-11-4-2-1-3-5-11/h1-7H,8H2. The first kappa shape index (κ1) is 12.1. The van der Waals surface area contributed by atoms with Crippen LogP contribution in [0, 0.1) is 23.0 Å². The highest BCUT2D eigenvalue weighted by molar-refractivity contribution is 5.37. The Balaban J connectivity index is 2.38. The van der Waals surface area contributed by atoms with Gasteiger partial charge in [0.15, 0.2) is 17.4 Å². The van der Waals surface area contributed by atoms with Gasteiger partial charge in [-0.1, -0.05) is 24.3 Å². The summed E-state index contributed by atoms with van der Waals surface area (Å²) in [6, 6.07) is 12.5. The molecule has 0 aliphatic rings. The van der Waals surface area contributed by atoms with E-state index >= 15 is 0 Å². The third kappa shape index (κ3) is 2.46. The van der Waals surface area contributed by atoms with Gasteiger partial charge in [0, 0.05) is 5.56 Å². The molecule has 0 aliphatic carbocycles. The topological polar surface area (TPSA) is 33.0 Å². The fraction of sp³-hybridized carbons (Fsp3) is 0.0714. The van der Waals surface area contributed by atoms with Gasteiger partial charge in [0.05, 0.1) is 12.5 Å². The summed E-state index contributed by atoms with van der Waals surface area (Å²) in [6.07, 6.45) is -0.128. The van der Waals surface area contributed by atoms with Gasteiger partial charge >= 0.3 is 0 Å². The van der Waals surface area contributed by atoms with Crippen molar-refractivity contribution in [2.45, 2.75) is 6.42 Å². The van der Waals surface area contributed by atoms with Crippen LogP contribution in [0.4, 0.5) is 8.78 Å². The van der Waals surface area contributed by atoms with Crippen molar-refractivity contribution in [3.8, 4) is 17.6 Å². The zero-order chi connectivity index (χ0) is 13.0. The second-order valence-electron chi connectivity index (χ2n) is 3.60. The first-order valence-corrected chi connectivity index (χ1v) is 5.29. The van der Waals surface area contributed by atoms with Gasteiger partial charge in [0.2, 0.25) is 0 Å². The first-order chi connectivity index (χ1) is 8.72. The zero-order valence-corrected chi connectivity index (χ0v) is 9.36. The summed E-state index contributed by atoms with van der Waals surface area (Å²) >= 11 is 0. The van der Waals surface area contributed by atoms with E-state index in [0.29, 0.717) is 5.75 Å². The highest BCUT2D eigenvalue weighted by Crippen LogP contribution is 2.29. The van der Waals surface area contributed by atoms with Gasteiger partial charge in [-0.05, 0) is 18.2 Å². The van der Waals surface area contributed by atoms with Gasteiger partial charge in [0.1, 0.15) is 5.75 Å². The lowest BCUT2D eigenvalue weighted by Gasteiger charge is -2.09. The summed E-state index contributed by atoms with van der Waals surface area (Å²) in [5, 5.41) is 8.54. The molecule has 90 valence electrons. The minimum Gasteiger partial charge on any atom is -0.451 e. The van der Waals surface area contributed by atoms with Crippen LogP contribution in [0.1, 0.15) is 5.56 Å². The number of ether oxygens (including phenoxy) is 1. The zero-order valence-electron chi connectivity index (χ0n) is 9.36. The maximum Gasteiger partial charge on any atom is 0.198 e. The third-order valence-corrected chi connectivity index (χ3v) is 2.36. The minimum absolute atomic E-state index is 0.116. The number of rotatable bonds is 3. The Labute approximate surface area is 103 Å². The van der Waals surface area contributed by atoms with Crippen LogP contribution in [-0.2, 0) is 6.42 Å². The van der Waals surface area contributed by atoms with Crippen molar-refractivity contribution in [1.82, 2.24) is 0 Å². The summed E-state index contributed by atoms with van der Waals surface area (Å²) in [7, 11) is 0. The second-order valence-corrected chi connectivity index (χ2v) is 3.60. The lowest BCUT2D eigenvalue weighted by Crippen LogP contribution is -1.97. The molecular weight excluding hydrogens is 236 g/mol. The molecule has 0 unspecified atom stereocenters. The monoisotopic (exact) mass is 245 g/mol. The van der Waals surface area contributed by atoms with E-state index in [-0.39, 0.29) is 12.0 Å². The summed E-state index contributed by atoms with van der Waals surface area (Å²) in [4.78, 5) is 0. The number of hydrogen-bond acceptors (Lipinski definition) is 2. The average molecular weight is 245 g/mol. The average Bonchev–Trinajstić information content (AvgIpc) is 2.39. The Morgan fingerprint density at radius 1 is 1.06 bits per heavy atom. The van der Waals surface area contributed by atoms with E-state index in [9.17, 15) is 8.78 Å². The van der Waals surface area contributed by atoms with Crippen LogP contribution in [0.3, 0.4) is 0 Å². The Bertz CT molecular complexity index is 591. The third-order valence-electron chi connectivity index (χ3n) is 2.36. The summed E-state index contributed by atoms with van der Waals surface area (Å²) in [5.41, 5.74) is 0.116. The second kappa shape index (κ2) is 5.28. The Morgan fingerprint density at radius 2 is 1.78 bits per heavy atom. The molecule has 2 nitrogen and oxygen atoms in total. The highest BCUT2D eigenvalue weighted by Gasteiger charge is 2.15. The predicted molar refractivity (Wildman–Crippen MR) is 62.2 cm³/mol. The van der Waals surface area contributed by atoms with Gasteiger partial charge in [-0.25, -0.2) is 8.78 Å². The Morgan fingerprint density at radius 3 is 2.44 bits per heavy atom. The first-order valence-electron chi connectivity index (χ1n) is 5.29. The van der Waals surface area contributed by atoms with Crippen molar-refractivity contribution in [1.29, 1.82) is 5.26 Å². The number of benzene rings is 2. The number of nitriles is 1. The van der Waals surface area contributed by atoms with Gasteiger partial charge in [-0.15, -0.1) is 0 Å². The molecule has 4 heteroatoms. The maximum absolute atomic E-state index is 13.9. The van der Waals surface area contributed by atoms with Crippen LogP contribution in [0.15, 0.2) is 42.5 Å². The molecule has 0 saturated heterocycles. The lowest BCUT2D eigenvalue weighted by molar-refractivity contribution is 0.405. The normalized spacial score (nSPS) is 9.83. The van der Waals surface area contributed by atoms with Crippen LogP contribution >= 0.6 is 0 Å². The van der Waals surface area contributed by atoms with Gasteiger partial charge in [0.25, 0.3) is 0 Å². The van der Waals surface area contributed by atoms with Gasteiger partial charge in [-0.3, -0.25) is 0 Å². The predicted octanol–water partition coefficient (Wildman–Crippen LogP) is 3.82. The molecule has 0 N–H and O–H groups in total. The van der Waals surface area contributed by atoms with Crippen LogP contribution in [-0.4, -0.2) is 0 Å². The number of halogens is 2. The molecule has 0 heterocycles. The van der Waals surface area contributed by atoms with Crippen LogP contribution in [0.5, 0.6) is 11.5 Å². The summed E-state index contributed by atoms with van der Waals surface area (Å²) < 4.78 is 32.6.